The second-order valence-electron chi connectivity index (χ2n) is 11.6. The van der Waals surface area contributed by atoms with Gasteiger partial charge in [-0.1, -0.05) is 0 Å². The third-order valence-corrected chi connectivity index (χ3v) is 9.54. The summed E-state index contributed by atoms with van der Waals surface area (Å²) in [4.78, 5) is 22.7. The first kappa shape index (κ1) is 24.0. The van der Waals surface area contributed by atoms with Crippen molar-refractivity contribution in [1.82, 2.24) is 24.4 Å². The van der Waals surface area contributed by atoms with Crippen molar-refractivity contribution >= 4 is 11.6 Å². The number of amides is 1. The molecule has 4 bridgehead atoms. The zero-order chi connectivity index (χ0) is 26.0. The summed E-state index contributed by atoms with van der Waals surface area (Å²) >= 11 is 0. The molecule has 0 unspecified atom stereocenters. The first-order valence-electron chi connectivity index (χ1n) is 13.8. The maximum absolute atomic E-state index is 14.0. The number of aromatic nitrogens is 3. The monoisotopic (exact) mass is 521 g/mol. The van der Waals surface area contributed by atoms with Gasteiger partial charge in [-0.15, -0.1) is 0 Å². The van der Waals surface area contributed by atoms with Gasteiger partial charge in [-0.3, -0.25) is 9.69 Å². The van der Waals surface area contributed by atoms with Crippen molar-refractivity contribution in [2.24, 2.45) is 23.7 Å². The lowest BCUT2D eigenvalue weighted by Gasteiger charge is -2.58. The Hall–Kier alpha value is -3.07. The summed E-state index contributed by atoms with van der Waals surface area (Å²) in [5.74, 6) is 4.01. The van der Waals surface area contributed by atoms with E-state index in [1.165, 1.54) is 44.4 Å². The van der Waals surface area contributed by atoms with E-state index in [4.69, 9.17) is 4.74 Å². The lowest BCUT2D eigenvalue weighted by Crippen LogP contribution is -2.60. The molecular weight excluding hydrogens is 488 g/mol. The first-order chi connectivity index (χ1) is 18.5. The number of carbonyl (C=O) groups excluding carboxylic acids is 1. The topological polar surface area (TPSA) is 63.0 Å². The number of benzene rings is 1. The molecule has 3 aromatic rings. The van der Waals surface area contributed by atoms with Crippen LogP contribution < -0.4 is 4.74 Å². The van der Waals surface area contributed by atoms with Crippen LogP contribution in [0.25, 0.3) is 16.9 Å². The molecule has 9 heteroatoms. The van der Waals surface area contributed by atoms with Gasteiger partial charge in [-0.05, 0) is 86.1 Å². The summed E-state index contributed by atoms with van der Waals surface area (Å²) in [5, 5.41) is 4.15. The minimum Gasteiger partial charge on any atom is -0.497 e. The third kappa shape index (κ3) is 3.97. The van der Waals surface area contributed by atoms with Gasteiger partial charge < -0.3 is 9.64 Å². The van der Waals surface area contributed by atoms with E-state index in [0.29, 0.717) is 36.1 Å². The predicted molar refractivity (Wildman–Crippen MR) is 138 cm³/mol. The summed E-state index contributed by atoms with van der Waals surface area (Å²) in [7, 11) is 1.57. The van der Waals surface area contributed by atoms with Crippen molar-refractivity contribution in [1.29, 1.82) is 0 Å². The molecule has 8 rings (SSSR count). The molecular formula is C29H33F2N5O2. The number of alkyl halides is 2. The molecule has 200 valence electrons. The Morgan fingerprint density at radius 3 is 2.24 bits per heavy atom. The molecule has 7 nitrogen and oxygen atoms in total. The Balaban J connectivity index is 1.12. The van der Waals surface area contributed by atoms with Crippen molar-refractivity contribution < 1.29 is 18.3 Å². The smallest absolute Gasteiger partial charge is 0.280 e. The molecule has 0 spiro atoms. The fourth-order valence-corrected chi connectivity index (χ4v) is 8.09. The van der Waals surface area contributed by atoms with Gasteiger partial charge >= 0.3 is 0 Å². The predicted octanol–water partition coefficient (Wildman–Crippen LogP) is 4.93. The number of hydrogen-bond acceptors (Lipinski definition) is 5. The van der Waals surface area contributed by atoms with Crippen molar-refractivity contribution in [3.63, 3.8) is 0 Å². The van der Waals surface area contributed by atoms with Crippen LogP contribution in [0.3, 0.4) is 0 Å². The van der Waals surface area contributed by atoms with Crippen LogP contribution in [0.4, 0.5) is 8.78 Å². The molecule has 0 N–H and O–H groups in total. The van der Waals surface area contributed by atoms with Gasteiger partial charge in [0.1, 0.15) is 17.0 Å². The number of halogens is 2. The second kappa shape index (κ2) is 9.29. The van der Waals surface area contributed by atoms with E-state index in [1.807, 2.05) is 4.90 Å². The van der Waals surface area contributed by atoms with Gasteiger partial charge in [0.15, 0.2) is 5.65 Å². The molecule has 1 saturated heterocycles. The van der Waals surface area contributed by atoms with Crippen LogP contribution in [-0.2, 0) is 0 Å². The Kier molecular flexibility index (Phi) is 5.87. The number of hydrogen-bond donors (Lipinski definition) is 0. The van der Waals surface area contributed by atoms with Gasteiger partial charge in [0.05, 0.1) is 19.0 Å². The number of rotatable bonds is 5. The van der Waals surface area contributed by atoms with E-state index in [-0.39, 0.29) is 22.8 Å². The SMILES string of the molecule is COc1ccc(-c2cc(C(F)F)n3ncc(C(=O)N4CCN(C5C6CC7CC(C6)CC5C7)CC4)c3n2)cc1. The average molecular weight is 522 g/mol. The maximum atomic E-state index is 14.0. The number of fused-ring (bicyclic) bond motifs is 1. The van der Waals surface area contributed by atoms with Gasteiger partial charge in [0, 0.05) is 37.8 Å². The van der Waals surface area contributed by atoms with Crippen LogP contribution in [0.15, 0.2) is 36.5 Å². The lowest BCUT2D eigenvalue weighted by molar-refractivity contribution is -0.0743. The second-order valence-corrected chi connectivity index (χ2v) is 11.6. The highest BCUT2D eigenvalue weighted by Gasteiger charge is 2.50. The number of nitrogens with zero attached hydrogens (tertiary/aromatic N) is 5. The van der Waals surface area contributed by atoms with Crippen LogP contribution in [0.1, 0.15) is 54.6 Å². The summed E-state index contributed by atoms with van der Waals surface area (Å²) in [5.41, 5.74) is 1.19. The highest BCUT2D eigenvalue weighted by molar-refractivity contribution is 6.00. The molecule has 0 radical (unpaired) electrons. The number of methoxy groups -OCH3 is 1. The largest absolute Gasteiger partial charge is 0.497 e. The van der Waals surface area contributed by atoms with E-state index in [9.17, 15) is 13.6 Å². The Bertz CT molecular complexity index is 1320. The van der Waals surface area contributed by atoms with Crippen LogP contribution in [0.2, 0.25) is 0 Å². The quantitative estimate of drug-likeness (QED) is 0.477. The minimum atomic E-state index is -2.76. The summed E-state index contributed by atoms with van der Waals surface area (Å²) in [6, 6.07) is 9.07. The van der Waals surface area contributed by atoms with E-state index in [1.54, 1.807) is 31.4 Å². The molecule has 1 aliphatic heterocycles. The molecule has 0 atom stereocenters. The van der Waals surface area contributed by atoms with Gasteiger partial charge in [0.25, 0.3) is 12.3 Å². The van der Waals surface area contributed by atoms with Crippen LogP contribution in [0, 0.1) is 23.7 Å². The van der Waals surface area contributed by atoms with Crippen molar-refractivity contribution in [3.8, 4) is 17.0 Å². The van der Waals surface area contributed by atoms with Crippen molar-refractivity contribution in [2.75, 3.05) is 33.3 Å². The fraction of sp³-hybridized carbons (Fsp3) is 0.552. The van der Waals surface area contributed by atoms with E-state index < -0.39 is 6.43 Å². The molecule has 4 saturated carbocycles. The fourth-order valence-electron chi connectivity index (χ4n) is 8.09. The number of carbonyl (C=O) groups is 1. The normalized spacial score (nSPS) is 28.9. The average Bonchev–Trinajstić information content (AvgIpc) is 3.36. The molecule has 38 heavy (non-hydrogen) atoms. The highest BCUT2D eigenvalue weighted by Crippen LogP contribution is 2.55. The Morgan fingerprint density at radius 1 is 0.974 bits per heavy atom. The Labute approximate surface area is 220 Å². The van der Waals surface area contributed by atoms with Crippen molar-refractivity contribution in [3.05, 3.63) is 47.8 Å². The molecule has 2 aromatic heterocycles. The summed E-state index contributed by atoms with van der Waals surface area (Å²) in [6.45, 7) is 3.01. The molecule has 5 aliphatic rings. The number of ether oxygens (including phenoxy) is 1. The van der Waals surface area contributed by atoms with Gasteiger partial charge in [0.2, 0.25) is 0 Å². The molecule has 1 aromatic carbocycles. The van der Waals surface area contributed by atoms with Crippen LogP contribution in [-0.4, -0.2) is 69.6 Å². The number of piperazine rings is 1. The zero-order valence-electron chi connectivity index (χ0n) is 21.6. The van der Waals surface area contributed by atoms with Gasteiger partial charge in [-0.2, -0.15) is 5.10 Å². The van der Waals surface area contributed by atoms with Crippen LogP contribution in [0.5, 0.6) is 5.75 Å². The Morgan fingerprint density at radius 2 is 1.63 bits per heavy atom. The summed E-state index contributed by atoms with van der Waals surface area (Å²) < 4.78 is 34.3. The third-order valence-electron chi connectivity index (χ3n) is 9.54. The van der Waals surface area contributed by atoms with E-state index in [2.05, 4.69) is 15.0 Å². The zero-order valence-corrected chi connectivity index (χ0v) is 21.6. The molecule has 1 amide bonds. The molecule has 3 heterocycles. The first-order valence-corrected chi connectivity index (χ1v) is 13.8. The molecule has 5 fully saturated rings. The van der Waals surface area contributed by atoms with Crippen molar-refractivity contribution in [2.45, 2.75) is 44.6 Å². The molecule has 4 aliphatic carbocycles. The standard InChI is InChI=1S/C29H33F2N5O2/c1-38-22-4-2-19(3-5-22)24-15-25(27(30)31)36-28(33-24)23(16-32-36)29(37)35-8-6-34(7-9-35)26-20-11-17-10-18(13-20)14-21(26)12-17/h2-5,15-18,20-21,26-27H,6-14H2,1H3. The maximum Gasteiger partial charge on any atom is 0.280 e. The van der Waals surface area contributed by atoms with Gasteiger partial charge in [-0.25, -0.2) is 18.3 Å². The van der Waals surface area contributed by atoms with E-state index >= 15 is 0 Å². The lowest BCUT2D eigenvalue weighted by atomic mass is 9.54. The minimum absolute atomic E-state index is 0.169. The highest BCUT2D eigenvalue weighted by atomic mass is 19.3. The van der Waals surface area contributed by atoms with E-state index in [0.717, 1.165) is 41.3 Å². The summed E-state index contributed by atoms with van der Waals surface area (Å²) in [6.07, 6.45) is 5.61. The van der Waals surface area contributed by atoms with Crippen LogP contribution >= 0.6 is 0 Å².